The number of aliphatic carboxylic acids is 1. The number of carboxylic acids is 1. The average molecular weight is 428 g/mol. The molecule has 30 heavy (non-hydrogen) atoms. The first-order chi connectivity index (χ1) is 14.1. The Labute approximate surface area is 170 Å². The van der Waals surface area contributed by atoms with Gasteiger partial charge in [-0.2, -0.15) is 13.2 Å². The van der Waals surface area contributed by atoms with Gasteiger partial charge in [-0.3, -0.25) is 9.78 Å². The van der Waals surface area contributed by atoms with Crippen LogP contribution in [-0.4, -0.2) is 52.2 Å². The number of pyridine rings is 1. The minimum Gasteiger partial charge on any atom is -0.489 e. The SMILES string of the molecule is Cc1cc(F)ccc1C(=O)N1CCC(Oc2cccnc2)CC1.O=C(O)C(F)(F)F. The number of rotatable bonds is 3. The van der Waals surface area contributed by atoms with Crippen LogP contribution in [0.1, 0.15) is 28.8 Å². The summed E-state index contributed by atoms with van der Waals surface area (Å²) in [6.45, 7) is 3.04. The molecule has 3 rings (SSSR count). The highest BCUT2D eigenvalue weighted by molar-refractivity contribution is 5.95. The Balaban J connectivity index is 0.000000396. The number of aromatic nitrogens is 1. The number of benzene rings is 1. The number of carbonyl (C=O) groups excluding carboxylic acids is 1. The molecule has 0 radical (unpaired) electrons. The fourth-order valence-electron chi connectivity index (χ4n) is 2.82. The lowest BCUT2D eigenvalue weighted by Crippen LogP contribution is -2.42. The van der Waals surface area contributed by atoms with Crippen molar-refractivity contribution in [2.75, 3.05) is 13.1 Å². The van der Waals surface area contributed by atoms with E-state index in [1.807, 2.05) is 17.0 Å². The molecule has 10 heteroatoms. The number of likely N-dealkylation sites (tertiary alicyclic amines) is 1. The number of halogens is 4. The Morgan fingerprint density at radius 2 is 1.83 bits per heavy atom. The van der Waals surface area contributed by atoms with Crippen LogP contribution in [0.3, 0.4) is 0 Å². The molecule has 1 aliphatic heterocycles. The minimum atomic E-state index is -5.08. The molecule has 1 amide bonds. The zero-order valence-electron chi connectivity index (χ0n) is 16.0. The van der Waals surface area contributed by atoms with Crippen molar-refractivity contribution < 1.29 is 37.0 Å². The smallest absolute Gasteiger partial charge is 0.489 e. The maximum atomic E-state index is 13.2. The summed E-state index contributed by atoms with van der Waals surface area (Å²) in [5.74, 6) is -2.36. The van der Waals surface area contributed by atoms with Crippen LogP contribution in [0.4, 0.5) is 17.6 Å². The Morgan fingerprint density at radius 3 is 2.33 bits per heavy atom. The van der Waals surface area contributed by atoms with Crippen LogP contribution in [0.15, 0.2) is 42.7 Å². The Bertz CT molecular complexity index is 867. The summed E-state index contributed by atoms with van der Waals surface area (Å²) in [6, 6.07) is 8.01. The van der Waals surface area contributed by atoms with Crippen molar-refractivity contribution in [3.05, 3.63) is 59.7 Å². The Kier molecular flexibility index (Phi) is 7.73. The summed E-state index contributed by atoms with van der Waals surface area (Å²) >= 11 is 0. The molecule has 2 heterocycles. The number of piperidine rings is 1. The van der Waals surface area contributed by atoms with Gasteiger partial charge in [0.15, 0.2) is 0 Å². The van der Waals surface area contributed by atoms with Crippen LogP contribution in [0, 0.1) is 12.7 Å². The summed E-state index contributed by atoms with van der Waals surface area (Å²) in [7, 11) is 0. The average Bonchev–Trinajstić information content (AvgIpc) is 2.69. The molecule has 1 fully saturated rings. The molecule has 0 atom stereocenters. The van der Waals surface area contributed by atoms with Crippen molar-refractivity contribution in [2.45, 2.75) is 32.0 Å². The predicted octanol–water partition coefficient (Wildman–Crippen LogP) is 3.85. The van der Waals surface area contributed by atoms with Gasteiger partial charge in [0.05, 0.1) is 6.20 Å². The van der Waals surface area contributed by atoms with Crippen molar-refractivity contribution in [2.24, 2.45) is 0 Å². The maximum Gasteiger partial charge on any atom is 0.490 e. The van der Waals surface area contributed by atoms with Gasteiger partial charge < -0.3 is 14.7 Å². The molecule has 0 bridgehead atoms. The van der Waals surface area contributed by atoms with E-state index in [0.29, 0.717) is 24.2 Å². The number of carbonyl (C=O) groups is 2. The fourth-order valence-corrected chi connectivity index (χ4v) is 2.82. The Morgan fingerprint density at radius 1 is 1.20 bits per heavy atom. The van der Waals surface area contributed by atoms with Crippen LogP contribution >= 0.6 is 0 Å². The van der Waals surface area contributed by atoms with E-state index in [1.165, 1.54) is 12.1 Å². The number of ether oxygens (including phenoxy) is 1. The van der Waals surface area contributed by atoms with Gasteiger partial charge in [-0.05, 0) is 42.8 Å². The van der Waals surface area contributed by atoms with Gasteiger partial charge >= 0.3 is 12.1 Å². The monoisotopic (exact) mass is 428 g/mol. The van der Waals surface area contributed by atoms with Crippen molar-refractivity contribution >= 4 is 11.9 Å². The summed E-state index contributed by atoms with van der Waals surface area (Å²) in [5.41, 5.74) is 1.24. The van der Waals surface area contributed by atoms with Crippen LogP contribution in [-0.2, 0) is 4.79 Å². The first-order valence-electron chi connectivity index (χ1n) is 9.00. The first-order valence-corrected chi connectivity index (χ1v) is 9.00. The quantitative estimate of drug-likeness (QED) is 0.752. The number of hydrogen-bond acceptors (Lipinski definition) is 4. The molecule has 0 saturated carbocycles. The molecular weight excluding hydrogens is 408 g/mol. The van der Waals surface area contributed by atoms with Gasteiger partial charge in [0, 0.05) is 37.7 Å². The van der Waals surface area contributed by atoms with E-state index in [-0.39, 0.29) is 17.8 Å². The number of hydrogen-bond donors (Lipinski definition) is 1. The molecule has 1 N–H and O–H groups in total. The second-order valence-corrected chi connectivity index (χ2v) is 6.56. The lowest BCUT2D eigenvalue weighted by Gasteiger charge is -2.32. The third-order valence-electron chi connectivity index (χ3n) is 4.33. The van der Waals surface area contributed by atoms with Crippen molar-refractivity contribution in [1.29, 1.82) is 0 Å². The normalized spacial score (nSPS) is 14.5. The maximum absolute atomic E-state index is 13.2. The van der Waals surface area contributed by atoms with Crippen molar-refractivity contribution in [1.82, 2.24) is 9.88 Å². The minimum absolute atomic E-state index is 0.0395. The first kappa shape index (κ1) is 23.1. The number of nitrogens with zero attached hydrogens (tertiary/aromatic N) is 2. The van der Waals surface area contributed by atoms with Gasteiger partial charge in [-0.25, -0.2) is 9.18 Å². The van der Waals surface area contributed by atoms with Gasteiger partial charge in [0.1, 0.15) is 17.7 Å². The number of amides is 1. The van der Waals surface area contributed by atoms with Crippen molar-refractivity contribution in [3.8, 4) is 5.75 Å². The van der Waals surface area contributed by atoms with E-state index in [4.69, 9.17) is 14.6 Å². The number of carboxylic acid groups (broad SMARTS) is 1. The summed E-state index contributed by atoms with van der Waals surface area (Å²) in [4.78, 5) is 27.3. The highest BCUT2D eigenvalue weighted by Crippen LogP contribution is 2.20. The third-order valence-corrected chi connectivity index (χ3v) is 4.33. The zero-order chi connectivity index (χ0) is 22.3. The van der Waals surface area contributed by atoms with Gasteiger partial charge in [0.2, 0.25) is 0 Å². The molecule has 162 valence electrons. The van der Waals surface area contributed by atoms with E-state index < -0.39 is 12.1 Å². The highest BCUT2D eigenvalue weighted by Gasteiger charge is 2.38. The highest BCUT2D eigenvalue weighted by atomic mass is 19.4. The second-order valence-electron chi connectivity index (χ2n) is 6.56. The van der Waals surface area contributed by atoms with E-state index in [1.54, 1.807) is 25.4 Å². The second kappa shape index (κ2) is 10.0. The van der Waals surface area contributed by atoms with Crippen LogP contribution in [0.25, 0.3) is 0 Å². The Hall–Kier alpha value is -3.17. The molecule has 0 unspecified atom stereocenters. The van der Waals surface area contributed by atoms with E-state index >= 15 is 0 Å². The molecule has 6 nitrogen and oxygen atoms in total. The fraction of sp³-hybridized carbons (Fsp3) is 0.350. The van der Waals surface area contributed by atoms with Crippen LogP contribution in [0.2, 0.25) is 0 Å². The zero-order valence-corrected chi connectivity index (χ0v) is 16.0. The third kappa shape index (κ3) is 6.71. The van der Waals surface area contributed by atoms with Crippen molar-refractivity contribution in [3.63, 3.8) is 0 Å². The largest absolute Gasteiger partial charge is 0.490 e. The van der Waals surface area contributed by atoms with Crippen LogP contribution in [0.5, 0.6) is 5.75 Å². The molecular formula is C20H20F4N2O4. The molecule has 0 spiro atoms. The molecule has 1 saturated heterocycles. The van der Waals surface area contributed by atoms with E-state index in [0.717, 1.165) is 18.6 Å². The molecule has 1 aromatic carbocycles. The number of alkyl halides is 3. The molecule has 0 aliphatic carbocycles. The van der Waals surface area contributed by atoms with Crippen LogP contribution < -0.4 is 4.74 Å². The molecule has 1 aromatic heterocycles. The number of aryl methyl sites for hydroxylation is 1. The van der Waals surface area contributed by atoms with Gasteiger partial charge in [-0.1, -0.05) is 0 Å². The molecule has 1 aliphatic rings. The summed E-state index contributed by atoms with van der Waals surface area (Å²) in [5, 5.41) is 7.12. The standard InChI is InChI=1S/C18H19FN2O2.C2HF3O2/c1-13-11-14(19)4-5-17(13)18(22)21-9-6-15(7-10-21)23-16-3-2-8-20-12-16;3-2(4,5)1(6)7/h2-5,8,11-12,15H,6-7,9-10H2,1H3;(H,6,7). The lowest BCUT2D eigenvalue weighted by molar-refractivity contribution is -0.192. The summed E-state index contributed by atoms with van der Waals surface area (Å²) < 4.78 is 50.8. The van der Waals surface area contributed by atoms with E-state index in [9.17, 15) is 22.4 Å². The molecule has 2 aromatic rings. The lowest BCUT2D eigenvalue weighted by atomic mass is 10.0. The summed E-state index contributed by atoms with van der Waals surface area (Å²) in [6.07, 6.45) is -0.0297. The van der Waals surface area contributed by atoms with E-state index in [2.05, 4.69) is 4.98 Å². The van der Waals surface area contributed by atoms with Gasteiger partial charge in [0.25, 0.3) is 5.91 Å². The topological polar surface area (TPSA) is 79.7 Å². The predicted molar refractivity (Wildman–Crippen MR) is 98.6 cm³/mol. The van der Waals surface area contributed by atoms with Gasteiger partial charge in [-0.15, -0.1) is 0 Å².